The summed E-state index contributed by atoms with van der Waals surface area (Å²) in [5, 5.41) is 4.49. The van der Waals surface area contributed by atoms with Crippen molar-refractivity contribution in [2.24, 2.45) is 0 Å². The van der Waals surface area contributed by atoms with Gasteiger partial charge in [-0.1, -0.05) is 66.0 Å². The van der Waals surface area contributed by atoms with Gasteiger partial charge >= 0.3 is 0 Å². The fourth-order valence-electron chi connectivity index (χ4n) is 2.83. The van der Waals surface area contributed by atoms with Crippen LogP contribution < -0.4 is 5.32 Å². The highest BCUT2D eigenvalue weighted by molar-refractivity contribution is 7.99. The number of nitrogens with zero attached hydrogens (tertiary/aromatic N) is 1. The Bertz CT molecular complexity index is 910. The molecule has 0 aliphatic heterocycles. The molecule has 0 spiro atoms. The van der Waals surface area contributed by atoms with Crippen molar-refractivity contribution in [1.82, 2.24) is 10.2 Å². The van der Waals surface area contributed by atoms with Gasteiger partial charge in [0.05, 0.1) is 15.8 Å². The third kappa shape index (κ3) is 7.90. The Balaban J connectivity index is 2.12. The van der Waals surface area contributed by atoms with Gasteiger partial charge in [0.15, 0.2) is 0 Å². The number of thioether (sulfide) groups is 1. The molecule has 0 unspecified atom stereocenters. The molecule has 2 amide bonds. The normalized spacial score (nSPS) is 12.8. The van der Waals surface area contributed by atoms with Crippen LogP contribution in [0.4, 0.5) is 0 Å². The number of carbonyl (C=O) groups excluding carboxylic acids is 2. The van der Waals surface area contributed by atoms with E-state index < -0.39 is 6.04 Å². The largest absolute Gasteiger partial charge is 0.352 e. The highest BCUT2D eigenvalue weighted by Gasteiger charge is 2.26. The lowest BCUT2D eigenvalue weighted by molar-refractivity contribution is -0.138. The summed E-state index contributed by atoms with van der Waals surface area (Å²) in [6.07, 6.45) is 0.812. The lowest BCUT2D eigenvalue weighted by atomic mass is 10.1. The molecule has 0 aromatic heterocycles. The first-order valence-corrected chi connectivity index (χ1v) is 12.4. The monoisotopic (exact) mass is 500 g/mol. The Hall–Kier alpha value is -1.40. The summed E-state index contributed by atoms with van der Waals surface area (Å²) in [6, 6.07) is 12.2. The molecule has 0 saturated heterocycles. The fourth-order valence-corrected chi connectivity index (χ4v) is 4.35. The van der Waals surface area contributed by atoms with E-state index in [0.29, 0.717) is 20.8 Å². The van der Waals surface area contributed by atoms with E-state index in [-0.39, 0.29) is 30.2 Å². The molecule has 0 bridgehead atoms. The van der Waals surface area contributed by atoms with E-state index in [4.69, 9.17) is 34.8 Å². The molecular formula is C23H27Cl3N2O2S. The Morgan fingerprint density at radius 1 is 1.03 bits per heavy atom. The topological polar surface area (TPSA) is 49.4 Å². The predicted octanol–water partition coefficient (Wildman–Crippen LogP) is 6.21. The molecule has 0 saturated carbocycles. The minimum Gasteiger partial charge on any atom is -0.352 e. The van der Waals surface area contributed by atoms with Gasteiger partial charge in [-0.3, -0.25) is 9.59 Å². The standard InChI is InChI=1S/C23H27Cl3N2O2S/c1-4-15(2)27-23(30)16(3)28(12-17-9-10-20(25)21(26)11-17)22(29)14-31-13-18-7-5-6-8-19(18)24/h5-11,15-16H,4,12-14H2,1-3H3,(H,27,30)/t15-,16-/m0/s1. The molecule has 0 aliphatic rings. The zero-order valence-electron chi connectivity index (χ0n) is 17.8. The Morgan fingerprint density at radius 2 is 1.74 bits per heavy atom. The molecule has 0 radical (unpaired) electrons. The number of rotatable bonds is 10. The highest BCUT2D eigenvalue weighted by Crippen LogP contribution is 2.25. The van der Waals surface area contributed by atoms with Gasteiger partial charge in [0.1, 0.15) is 6.04 Å². The Kier molecular flexibility index (Phi) is 10.5. The average Bonchev–Trinajstić information content (AvgIpc) is 2.75. The summed E-state index contributed by atoms with van der Waals surface area (Å²) in [7, 11) is 0. The van der Waals surface area contributed by atoms with Crippen LogP contribution >= 0.6 is 46.6 Å². The Morgan fingerprint density at radius 3 is 2.39 bits per heavy atom. The van der Waals surface area contributed by atoms with Crippen LogP contribution in [-0.4, -0.2) is 34.6 Å². The van der Waals surface area contributed by atoms with Gasteiger partial charge in [-0.25, -0.2) is 0 Å². The molecule has 2 rings (SSSR count). The summed E-state index contributed by atoms with van der Waals surface area (Å²) >= 11 is 19.8. The number of hydrogen-bond acceptors (Lipinski definition) is 3. The van der Waals surface area contributed by atoms with E-state index in [1.54, 1.807) is 24.0 Å². The fraction of sp³-hybridized carbons (Fsp3) is 0.391. The van der Waals surface area contributed by atoms with Crippen molar-refractivity contribution in [3.8, 4) is 0 Å². The van der Waals surface area contributed by atoms with Crippen LogP contribution in [0.3, 0.4) is 0 Å². The van der Waals surface area contributed by atoms with Crippen molar-refractivity contribution in [1.29, 1.82) is 0 Å². The summed E-state index contributed by atoms with van der Waals surface area (Å²) in [5.74, 6) is 0.529. The molecule has 4 nitrogen and oxygen atoms in total. The van der Waals surface area contributed by atoms with Crippen molar-refractivity contribution < 1.29 is 9.59 Å². The quantitative estimate of drug-likeness (QED) is 0.421. The van der Waals surface area contributed by atoms with Crippen molar-refractivity contribution in [3.05, 3.63) is 68.7 Å². The molecule has 2 aromatic rings. The lowest BCUT2D eigenvalue weighted by Crippen LogP contribution is -2.50. The second-order valence-electron chi connectivity index (χ2n) is 7.35. The molecule has 0 aliphatic carbocycles. The second-order valence-corrected chi connectivity index (χ2v) is 9.56. The zero-order chi connectivity index (χ0) is 23.0. The molecule has 168 valence electrons. The maximum atomic E-state index is 13.1. The number of nitrogens with one attached hydrogen (secondary N) is 1. The first-order valence-electron chi connectivity index (χ1n) is 10.1. The average molecular weight is 502 g/mol. The minimum atomic E-state index is -0.628. The third-order valence-corrected chi connectivity index (χ3v) is 7.02. The second kappa shape index (κ2) is 12.6. The minimum absolute atomic E-state index is 0.0338. The van der Waals surface area contributed by atoms with E-state index in [0.717, 1.165) is 17.5 Å². The molecule has 31 heavy (non-hydrogen) atoms. The first kappa shape index (κ1) is 25.9. The molecule has 2 atom stereocenters. The van der Waals surface area contributed by atoms with Gasteiger partial charge in [-0.15, -0.1) is 11.8 Å². The van der Waals surface area contributed by atoms with Crippen LogP contribution in [-0.2, 0) is 21.9 Å². The van der Waals surface area contributed by atoms with Crippen LogP contribution in [0.2, 0.25) is 15.1 Å². The van der Waals surface area contributed by atoms with Crippen LogP contribution in [0.25, 0.3) is 0 Å². The number of benzene rings is 2. The number of halogens is 3. The molecule has 1 N–H and O–H groups in total. The van der Waals surface area contributed by atoms with Gasteiger partial charge in [0.25, 0.3) is 0 Å². The third-order valence-electron chi connectivity index (χ3n) is 4.95. The van der Waals surface area contributed by atoms with Crippen molar-refractivity contribution in [3.63, 3.8) is 0 Å². The lowest BCUT2D eigenvalue weighted by Gasteiger charge is -2.29. The Labute approximate surface area is 203 Å². The van der Waals surface area contributed by atoms with Crippen molar-refractivity contribution in [2.75, 3.05) is 5.75 Å². The molecule has 2 aromatic carbocycles. The summed E-state index contributed by atoms with van der Waals surface area (Å²) in [6.45, 7) is 5.94. The number of amides is 2. The van der Waals surface area contributed by atoms with E-state index in [2.05, 4.69) is 5.32 Å². The number of hydrogen-bond donors (Lipinski definition) is 1. The molecular weight excluding hydrogens is 475 g/mol. The maximum absolute atomic E-state index is 13.1. The summed E-state index contributed by atoms with van der Waals surface area (Å²) < 4.78 is 0. The van der Waals surface area contributed by atoms with E-state index >= 15 is 0 Å². The van der Waals surface area contributed by atoms with Gasteiger partial charge in [0, 0.05) is 23.4 Å². The van der Waals surface area contributed by atoms with Gasteiger partial charge in [-0.2, -0.15) is 0 Å². The van der Waals surface area contributed by atoms with Gasteiger partial charge in [0.2, 0.25) is 11.8 Å². The number of carbonyl (C=O) groups is 2. The van der Waals surface area contributed by atoms with Crippen LogP contribution in [0.1, 0.15) is 38.3 Å². The molecule has 8 heteroatoms. The van der Waals surface area contributed by atoms with Gasteiger partial charge < -0.3 is 10.2 Å². The van der Waals surface area contributed by atoms with E-state index in [9.17, 15) is 9.59 Å². The molecule has 0 heterocycles. The maximum Gasteiger partial charge on any atom is 0.242 e. The van der Waals surface area contributed by atoms with Crippen LogP contribution in [0.5, 0.6) is 0 Å². The summed E-state index contributed by atoms with van der Waals surface area (Å²) in [5.41, 5.74) is 1.78. The first-order chi connectivity index (χ1) is 14.7. The van der Waals surface area contributed by atoms with Crippen LogP contribution in [0, 0.1) is 0 Å². The SMILES string of the molecule is CC[C@H](C)NC(=O)[C@H](C)N(Cc1ccc(Cl)c(Cl)c1)C(=O)CSCc1ccccc1Cl. The highest BCUT2D eigenvalue weighted by atomic mass is 35.5. The molecule has 0 fully saturated rings. The van der Waals surface area contributed by atoms with E-state index in [1.807, 2.05) is 44.2 Å². The predicted molar refractivity (Wildman–Crippen MR) is 132 cm³/mol. The van der Waals surface area contributed by atoms with Crippen molar-refractivity contribution in [2.45, 2.75) is 51.6 Å². The smallest absolute Gasteiger partial charge is 0.242 e. The van der Waals surface area contributed by atoms with Crippen molar-refractivity contribution >= 4 is 58.4 Å². The van der Waals surface area contributed by atoms with Crippen LogP contribution in [0.15, 0.2) is 42.5 Å². The zero-order valence-corrected chi connectivity index (χ0v) is 20.9. The van der Waals surface area contributed by atoms with Gasteiger partial charge in [-0.05, 0) is 49.6 Å². The summed E-state index contributed by atoms with van der Waals surface area (Å²) in [4.78, 5) is 27.4. The van der Waals surface area contributed by atoms with E-state index in [1.165, 1.54) is 11.8 Å².